The molecule has 1 amide bonds. The zero-order chi connectivity index (χ0) is 10.6. The summed E-state index contributed by atoms with van der Waals surface area (Å²) in [5.41, 5.74) is 0. The van der Waals surface area contributed by atoms with Crippen molar-refractivity contribution in [3.8, 4) is 0 Å². The van der Waals surface area contributed by atoms with Gasteiger partial charge in [-0.2, -0.15) is 0 Å². The van der Waals surface area contributed by atoms with Gasteiger partial charge in [0.05, 0.1) is 7.11 Å². The van der Waals surface area contributed by atoms with Gasteiger partial charge in [0.2, 0.25) is 5.78 Å². The number of Topliss-reactive ketones (excluding diaryl/α,β-unsaturated/α-hetero) is 1. The van der Waals surface area contributed by atoms with Crippen molar-refractivity contribution in [2.24, 2.45) is 5.92 Å². The maximum absolute atomic E-state index is 11.3. The van der Waals surface area contributed by atoms with E-state index in [-0.39, 0.29) is 18.3 Å². The number of rotatable bonds is 3. The molecular weight excluding hydrogens is 186 g/mol. The summed E-state index contributed by atoms with van der Waals surface area (Å²) in [6.45, 7) is 0.510. The van der Waals surface area contributed by atoms with Gasteiger partial charge in [-0.15, -0.1) is 0 Å². The zero-order valence-corrected chi connectivity index (χ0v) is 8.04. The summed E-state index contributed by atoms with van der Waals surface area (Å²) < 4.78 is 4.45. The van der Waals surface area contributed by atoms with Crippen LogP contribution in [0.5, 0.6) is 0 Å². The number of amides is 1. The second kappa shape index (κ2) is 4.74. The van der Waals surface area contributed by atoms with E-state index in [0.29, 0.717) is 19.4 Å². The fraction of sp³-hybridized carbons (Fsp3) is 0.667. The van der Waals surface area contributed by atoms with Gasteiger partial charge < -0.3 is 10.1 Å². The molecule has 1 unspecified atom stereocenters. The predicted octanol–water partition coefficient (Wildman–Crippen LogP) is -0.355. The van der Waals surface area contributed by atoms with Crippen LogP contribution in [0.25, 0.3) is 0 Å². The smallest absolute Gasteiger partial charge is 0.305 e. The molecule has 78 valence electrons. The second-order valence-corrected chi connectivity index (χ2v) is 3.22. The minimum Gasteiger partial charge on any atom is -0.469 e. The third kappa shape index (κ3) is 2.55. The molecule has 1 fully saturated rings. The van der Waals surface area contributed by atoms with Gasteiger partial charge in [-0.1, -0.05) is 0 Å². The normalized spacial score (nSPS) is 21.6. The van der Waals surface area contributed by atoms with Crippen LogP contribution in [0, 0.1) is 5.92 Å². The third-order valence-electron chi connectivity index (χ3n) is 2.30. The van der Waals surface area contributed by atoms with Gasteiger partial charge in [0, 0.05) is 18.9 Å². The molecule has 14 heavy (non-hydrogen) atoms. The molecule has 1 heterocycles. The molecule has 0 aromatic heterocycles. The van der Waals surface area contributed by atoms with Gasteiger partial charge in [-0.3, -0.25) is 14.4 Å². The number of methoxy groups -OCH3 is 1. The Morgan fingerprint density at radius 2 is 2.29 bits per heavy atom. The minimum atomic E-state index is -0.536. The standard InChI is InChI=1S/C9H13NO4/c1-14-7(11)3-2-6-4-5-10-9(13)8(6)12/h6H,2-5H2,1H3,(H,10,13). The summed E-state index contributed by atoms with van der Waals surface area (Å²) in [6.07, 6.45) is 1.21. The zero-order valence-electron chi connectivity index (χ0n) is 8.04. The number of ketones is 1. The van der Waals surface area contributed by atoms with E-state index < -0.39 is 11.7 Å². The average molecular weight is 199 g/mol. The van der Waals surface area contributed by atoms with E-state index in [0.717, 1.165) is 0 Å². The molecule has 0 radical (unpaired) electrons. The first-order valence-electron chi connectivity index (χ1n) is 4.54. The Balaban J connectivity index is 2.40. The van der Waals surface area contributed by atoms with E-state index in [4.69, 9.17) is 0 Å². The fourth-order valence-corrected chi connectivity index (χ4v) is 1.43. The minimum absolute atomic E-state index is 0.195. The third-order valence-corrected chi connectivity index (χ3v) is 2.30. The van der Waals surface area contributed by atoms with Gasteiger partial charge in [0.15, 0.2) is 0 Å². The maximum atomic E-state index is 11.3. The second-order valence-electron chi connectivity index (χ2n) is 3.22. The molecular formula is C9H13NO4. The lowest BCUT2D eigenvalue weighted by Crippen LogP contribution is -2.42. The molecule has 0 aromatic carbocycles. The van der Waals surface area contributed by atoms with Crippen LogP contribution in [-0.2, 0) is 19.1 Å². The van der Waals surface area contributed by atoms with E-state index in [1.165, 1.54) is 7.11 Å². The first-order valence-corrected chi connectivity index (χ1v) is 4.54. The molecule has 1 aliphatic rings. The van der Waals surface area contributed by atoms with Gasteiger partial charge in [0.1, 0.15) is 0 Å². The lowest BCUT2D eigenvalue weighted by atomic mass is 9.91. The number of carbonyl (C=O) groups is 3. The van der Waals surface area contributed by atoms with Crippen molar-refractivity contribution >= 4 is 17.7 Å². The van der Waals surface area contributed by atoms with Gasteiger partial charge in [-0.05, 0) is 12.8 Å². The lowest BCUT2D eigenvalue weighted by molar-refractivity contribution is -0.144. The Morgan fingerprint density at radius 1 is 1.57 bits per heavy atom. The van der Waals surface area contributed by atoms with Crippen LogP contribution in [0.3, 0.4) is 0 Å². The molecule has 0 saturated carbocycles. The van der Waals surface area contributed by atoms with E-state index in [1.54, 1.807) is 0 Å². The van der Waals surface area contributed by atoms with Crippen molar-refractivity contribution in [2.45, 2.75) is 19.3 Å². The van der Waals surface area contributed by atoms with Crippen LogP contribution in [0.2, 0.25) is 0 Å². The molecule has 1 saturated heterocycles. The van der Waals surface area contributed by atoms with E-state index >= 15 is 0 Å². The Kier molecular flexibility index (Phi) is 3.62. The summed E-state index contributed by atoms with van der Waals surface area (Å²) in [4.78, 5) is 33.0. The number of hydrogen-bond donors (Lipinski definition) is 1. The summed E-state index contributed by atoms with van der Waals surface area (Å²) in [5, 5.41) is 2.46. The lowest BCUT2D eigenvalue weighted by Gasteiger charge is -2.19. The van der Waals surface area contributed by atoms with Crippen LogP contribution in [0.1, 0.15) is 19.3 Å². The SMILES string of the molecule is COC(=O)CCC1CCNC(=O)C1=O. The Morgan fingerprint density at radius 3 is 2.93 bits per heavy atom. The number of hydrogen-bond acceptors (Lipinski definition) is 4. The van der Waals surface area contributed by atoms with Crippen LogP contribution < -0.4 is 5.32 Å². The Labute approximate surface area is 81.8 Å². The van der Waals surface area contributed by atoms with Crippen LogP contribution >= 0.6 is 0 Å². The van der Waals surface area contributed by atoms with Crippen molar-refractivity contribution in [1.29, 1.82) is 0 Å². The van der Waals surface area contributed by atoms with Gasteiger partial charge in [0.25, 0.3) is 5.91 Å². The highest BCUT2D eigenvalue weighted by Gasteiger charge is 2.29. The summed E-state index contributed by atoms with van der Waals surface area (Å²) >= 11 is 0. The highest BCUT2D eigenvalue weighted by molar-refractivity contribution is 6.37. The number of esters is 1. The van der Waals surface area contributed by atoms with Crippen LogP contribution in [0.15, 0.2) is 0 Å². The monoisotopic (exact) mass is 199 g/mol. The van der Waals surface area contributed by atoms with Gasteiger partial charge >= 0.3 is 5.97 Å². The predicted molar refractivity (Wildman–Crippen MR) is 47.4 cm³/mol. The fourth-order valence-electron chi connectivity index (χ4n) is 1.43. The molecule has 0 aromatic rings. The first kappa shape index (κ1) is 10.7. The molecule has 5 heteroatoms. The average Bonchev–Trinajstić information content (AvgIpc) is 2.20. The molecule has 1 rings (SSSR count). The number of carbonyl (C=O) groups excluding carboxylic acids is 3. The summed E-state index contributed by atoms with van der Waals surface area (Å²) in [7, 11) is 1.30. The van der Waals surface area contributed by atoms with Gasteiger partial charge in [-0.25, -0.2) is 0 Å². The molecule has 0 bridgehead atoms. The first-order chi connectivity index (χ1) is 6.65. The Bertz CT molecular complexity index is 262. The molecule has 0 spiro atoms. The topological polar surface area (TPSA) is 72.5 Å². The van der Waals surface area contributed by atoms with Crippen molar-refractivity contribution in [1.82, 2.24) is 5.32 Å². The largest absolute Gasteiger partial charge is 0.469 e. The summed E-state index contributed by atoms with van der Waals surface area (Å²) in [6, 6.07) is 0. The number of piperidine rings is 1. The molecule has 0 aliphatic carbocycles. The molecule has 1 aliphatic heterocycles. The van der Waals surface area contributed by atoms with E-state index in [2.05, 4.69) is 10.1 Å². The maximum Gasteiger partial charge on any atom is 0.305 e. The van der Waals surface area contributed by atoms with Crippen LogP contribution in [-0.4, -0.2) is 31.3 Å². The molecule has 5 nitrogen and oxygen atoms in total. The summed E-state index contributed by atoms with van der Waals surface area (Å²) in [5.74, 6) is -1.61. The van der Waals surface area contributed by atoms with Crippen molar-refractivity contribution in [3.05, 3.63) is 0 Å². The number of ether oxygens (including phenoxy) is 1. The molecule has 1 N–H and O–H groups in total. The number of nitrogens with one attached hydrogen (secondary N) is 1. The van der Waals surface area contributed by atoms with E-state index in [9.17, 15) is 14.4 Å². The van der Waals surface area contributed by atoms with E-state index in [1.807, 2.05) is 0 Å². The van der Waals surface area contributed by atoms with Crippen molar-refractivity contribution in [3.63, 3.8) is 0 Å². The van der Waals surface area contributed by atoms with Crippen molar-refractivity contribution < 1.29 is 19.1 Å². The highest BCUT2D eigenvalue weighted by Crippen LogP contribution is 2.15. The highest BCUT2D eigenvalue weighted by atomic mass is 16.5. The quantitative estimate of drug-likeness (QED) is 0.498. The van der Waals surface area contributed by atoms with Crippen molar-refractivity contribution in [2.75, 3.05) is 13.7 Å². The van der Waals surface area contributed by atoms with Crippen LogP contribution in [0.4, 0.5) is 0 Å². The Hall–Kier alpha value is -1.39. The molecule has 1 atom stereocenters.